The van der Waals surface area contributed by atoms with Gasteiger partial charge in [-0.05, 0) is 31.1 Å². The fraction of sp³-hybridized carbons (Fsp3) is 0.882. The summed E-state index contributed by atoms with van der Waals surface area (Å²) in [5.41, 5.74) is 0. The van der Waals surface area contributed by atoms with Crippen LogP contribution in [0.2, 0.25) is 0 Å². The van der Waals surface area contributed by atoms with Gasteiger partial charge >= 0.3 is 0 Å². The molecule has 0 spiro atoms. The lowest BCUT2D eigenvalue weighted by Gasteiger charge is -2.23. The van der Waals surface area contributed by atoms with E-state index in [1.807, 2.05) is 0 Å². The Balaban J connectivity index is 2.44. The number of guanidine groups is 1. The molecule has 128 valence electrons. The second-order valence-corrected chi connectivity index (χ2v) is 6.95. The zero-order chi connectivity index (χ0) is 16.4. The summed E-state index contributed by atoms with van der Waals surface area (Å²) in [5.74, 6) is 2.22. The highest BCUT2D eigenvalue weighted by Crippen LogP contribution is 2.22. The molecule has 0 saturated heterocycles. The van der Waals surface area contributed by atoms with Crippen molar-refractivity contribution < 1.29 is 4.79 Å². The van der Waals surface area contributed by atoms with Crippen molar-refractivity contribution in [2.75, 3.05) is 33.7 Å². The van der Waals surface area contributed by atoms with Gasteiger partial charge in [0, 0.05) is 27.2 Å². The minimum Gasteiger partial charge on any atom is -0.356 e. The molecule has 0 heterocycles. The Morgan fingerprint density at radius 2 is 1.86 bits per heavy atom. The zero-order valence-corrected chi connectivity index (χ0v) is 14.8. The predicted octanol–water partition coefficient (Wildman–Crippen LogP) is 2.24. The van der Waals surface area contributed by atoms with E-state index in [2.05, 4.69) is 29.5 Å². The van der Waals surface area contributed by atoms with Crippen molar-refractivity contribution >= 4 is 11.9 Å². The monoisotopic (exact) mass is 310 g/mol. The molecule has 0 aliphatic heterocycles. The predicted molar refractivity (Wildman–Crippen MR) is 93.0 cm³/mol. The highest BCUT2D eigenvalue weighted by Gasteiger charge is 2.14. The smallest absolute Gasteiger partial charge is 0.243 e. The van der Waals surface area contributed by atoms with Crippen LogP contribution >= 0.6 is 0 Å². The van der Waals surface area contributed by atoms with Crippen LogP contribution in [0, 0.1) is 11.8 Å². The molecule has 5 heteroatoms. The van der Waals surface area contributed by atoms with Gasteiger partial charge < -0.3 is 15.5 Å². The largest absolute Gasteiger partial charge is 0.356 e. The first-order chi connectivity index (χ1) is 10.5. The highest BCUT2D eigenvalue weighted by molar-refractivity contribution is 5.84. The van der Waals surface area contributed by atoms with E-state index in [4.69, 9.17) is 0 Å². The summed E-state index contributed by atoms with van der Waals surface area (Å²) in [6, 6.07) is 0. The molecule has 0 aromatic rings. The van der Waals surface area contributed by atoms with E-state index in [0.717, 1.165) is 31.4 Å². The summed E-state index contributed by atoms with van der Waals surface area (Å²) in [7, 11) is 3.53. The summed E-state index contributed by atoms with van der Waals surface area (Å²) >= 11 is 0. The Bertz CT molecular complexity index is 347. The lowest BCUT2D eigenvalue weighted by molar-refractivity contribution is -0.127. The minimum atomic E-state index is 0.0302. The number of aliphatic imine (C=N–C) groups is 1. The molecular formula is C17H34N4O. The van der Waals surface area contributed by atoms with Crippen LogP contribution in [-0.4, -0.2) is 50.5 Å². The Kier molecular flexibility index (Phi) is 8.94. The number of rotatable bonds is 7. The summed E-state index contributed by atoms with van der Waals surface area (Å²) in [6.45, 7) is 6.48. The van der Waals surface area contributed by atoms with Crippen LogP contribution in [-0.2, 0) is 4.79 Å². The van der Waals surface area contributed by atoms with E-state index in [1.54, 1.807) is 19.0 Å². The van der Waals surface area contributed by atoms with Crippen molar-refractivity contribution in [2.45, 2.75) is 52.4 Å². The zero-order valence-electron chi connectivity index (χ0n) is 14.8. The van der Waals surface area contributed by atoms with Gasteiger partial charge in [0.2, 0.25) is 5.91 Å². The number of hydrogen-bond donors (Lipinski definition) is 2. The molecule has 2 N–H and O–H groups in total. The maximum absolute atomic E-state index is 11.7. The SMILES string of the molecule is CC(C)CCNC(=NCC(=O)N(C)C)NCC1CCCCC1. The lowest BCUT2D eigenvalue weighted by atomic mass is 9.89. The average Bonchev–Trinajstić information content (AvgIpc) is 2.49. The standard InChI is InChI=1S/C17H34N4O/c1-14(2)10-11-18-17(20-13-16(22)21(3)4)19-12-15-8-6-5-7-9-15/h14-15H,5-13H2,1-4H3,(H2,18,19,20). The van der Waals surface area contributed by atoms with Gasteiger partial charge in [0.25, 0.3) is 0 Å². The second-order valence-electron chi connectivity index (χ2n) is 6.95. The molecule has 5 nitrogen and oxygen atoms in total. The average molecular weight is 310 g/mol. The van der Waals surface area contributed by atoms with Crippen molar-refractivity contribution in [1.82, 2.24) is 15.5 Å². The number of hydrogen-bond acceptors (Lipinski definition) is 2. The molecule has 0 radical (unpaired) electrons. The van der Waals surface area contributed by atoms with Crippen LogP contribution in [0.5, 0.6) is 0 Å². The molecule has 1 aliphatic rings. The molecule has 0 aromatic heterocycles. The first-order valence-electron chi connectivity index (χ1n) is 8.71. The van der Waals surface area contributed by atoms with Crippen LogP contribution < -0.4 is 10.6 Å². The molecule has 0 atom stereocenters. The number of nitrogens with zero attached hydrogens (tertiary/aromatic N) is 2. The normalized spacial score (nSPS) is 16.7. The third kappa shape index (κ3) is 8.25. The van der Waals surface area contributed by atoms with E-state index >= 15 is 0 Å². The summed E-state index contributed by atoms with van der Waals surface area (Å²) in [6.07, 6.45) is 7.79. The molecule has 1 amide bonds. The van der Waals surface area contributed by atoms with E-state index in [-0.39, 0.29) is 12.5 Å². The quantitative estimate of drug-likeness (QED) is 0.560. The number of carbonyl (C=O) groups is 1. The Hall–Kier alpha value is -1.26. The maximum atomic E-state index is 11.7. The van der Waals surface area contributed by atoms with Crippen molar-refractivity contribution in [3.05, 3.63) is 0 Å². The van der Waals surface area contributed by atoms with Crippen molar-refractivity contribution in [3.8, 4) is 0 Å². The van der Waals surface area contributed by atoms with Gasteiger partial charge in [-0.25, -0.2) is 4.99 Å². The third-order valence-corrected chi connectivity index (χ3v) is 4.17. The molecule has 1 rings (SSSR count). The first-order valence-corrected chi connectivity index (χ1v) is 8.71. The molecule has 1 aliphatic carbocycles. The second kappa shape index (κ2) is 10.5. The lowest BCUT2D eigenvalue weighted by Crippen LogP contribution is -2.41. The van der Waals surface area contributed by atoms with Crippen molar-refractivity contribution in [2.24, 2.45) is 16.8 Å². The summed E-state index contributed by atoms with van der Waals surface area (Å²) in [4.78, 5) is 17.7. The fourth-order valence-electron chi connectivity index (χ4n) is 2.57. The van der Waals surface area contributed by atoms with Crippen LogP contribution in [0.4, 0.5) is 0 Å². The number of nitrogens with one attached hydrogen (secondary N) is 2. The Labute approximate surface area is 135 Å². The van der Waals surface area contributed by atoms with Gasteiger partial charge in [-0.15, -0.1) is 0 Å². The molecule has 1 fully saturated rings. The van der Waals surface area contributed by atoms with E-state index in [9.17, 15) is 4.79 Å². The van der Waals surface area contributed by atoms with Gasteiger partial charge in [0.05, 0.1) is 0 Å². The van der Waals surface area contributed by atoms with Gasteiger partial charge in [0.15, 0.2) is 5.96 Å². The van der Waals surface area contributed by atoms with Crippen LogP contribution in [0.3, 0.4) is 0 Å². The van der Waals surface area contributed by atoms with Crippen molar-refractivity contribution in [1.29, 1.82) is 0 Å². The molecular weight excluding hydrogens is 276 g/mol. The van der Waals surface area contributed by atoms with E-state index in [0.29, 0.717) is 5.92 Å². The molecule has 0 bridgehead atoms. The topological polar surface area (TPSA) is 56.7 Å². The summed E-state index contributed by atoms with van der Waals surface area (Å²) < 4.78 is 0. The first kappa shape index (κ1) is 18.8. The van der Waals surface area contributed by atoms with Crippen LogP contribution in [0.15, 0.2) is 4.99 Å². The van der Waals surface area contributed by atoms with Gasteiger partial charge in [-0.2, -0.15) is 0 Å². The third-order valence-electron chi connectivity index (χ3n) is 4.17. The van der Waals surface area contributed by atoms with Gasteiger partial charge in [-0.3, -0.25) is 4.79 Å². The van der Waals surface area contributed by atoms with Gasteiger partial charge in [0.1, 0.15) is 6.54 Å². The van der Waals surface area contributed by atoms with Gasteiger partial charge in [-0.1, -0.05) is 33.1 Å². The Morgan fingerprint density at radius 1 is 1.18 bits per heavy atom. The number of likely N-dealkylation sites (N-methyl/N-ethyl adjacent to an activating group) is 1. The van der Waals surface area contributed by atoms with Crippen LogP contribution in [0.1, 0.15) is 52.4 Å². The van der Waals surface area contributed by atoms with E-state index in [1.165, 1.54) is 32.1 Å². The van der Waals surface area contributed by atoms with Crippen LogP contribution in [0.25, 0.3) is 0 Å². The molecule has 0 aromatic carbocycles. The fourth-order valence-corrected chi connectivity index (χ4v) is 2.57. The molecule has 0 unspecified atom stereocenters. The molecule has 1 saturated carbocycles. The Morgan fingerprint density at radius 3 is 2.45 bits per heavy atom. The number of carbonyl (C=O) groups excluding carboxylic acids is 1. The van der Waals surface area contributed by atoms with Crippen molar-refractivity contribution in [3.63, 3.8) is 0 Å². The number of amides is 1. The summed E-state index contributed by atoms with van der Waals surface area (Å²) in [5, 5.41) is 6.78. The van der Waals surface area contributed by atoms with E-state index < -0.39 is 0 Å². The minimum absolute atomic E-state index is 0.0302. The maximum Gasteiger partial charge on any atom is 0.243 e. The molecule has 22 heavy (non-hydrogen) atoms. The highest BCUT2D eigenvalue weighted by atomic mass is 16.2.